The zero-order chi connectivity index (χ0) is 20.5. The molecule has 0 aliphatic heterocycles. The summed E-state index contributed by atoms with van der Waals surface area (Å²) in [5.41, 5.74) is 3.42. The summed E-state index contributed by atoms with van der Waals surface area (Å²) in [4.78, 5) is 16.4. The number of benzene rings is 1. The zero-order valence-electron chi connectivity index (χ0n) is 16.7. The van der Waals surface area contributed by atoms with Crippen molar-refractivity contribution in [1.29, 1.82) is 0 Å². The number of rotatable bonds is 6. The van der Waals surface area contributed by atoms with Gasteiger partial charge in [-0.25, -0.2) is 15.0 Å². The Balaban J connectivity index is 1.78. The standard InChI is InChI=1S/C19H20N6O4/c1-9-14(10(2)29-25-9)17-23-15-18(20-8-21-19(15)24-17)22-11-6-12(26-3)16(28-5)13(7-11)27-4/h6-8H,1-5H3,(H2,20,21,22,23,24). The average molecular weight is 396 g/mol. The minimum atomic E-state index is 0.510. The highest BCUT2D eigenvalue weighted by Crippen LogP contribution is 2.41. The van der Waals surface area contributed by atoms with Gasteiger partial charge in [-0.1, -0.05) is 5.16 Å². The molecule has 0 spiro atoms. The Labute approximate surface area is 166 Å². The monoisotopic (exact) mass is 396 g/mol. The predicted molar refractivity (Wildman–Crippen MR) is 106 cm³/mol. The van der Waals surface area contributed by atoms with Gasteiger partial charge in [0, 0.05) is 17.8 Å². The molecule has 29 heavy (non-hydrogen) atoms. The maximum absolute atomic E-state index is 5.41. The maximum atomic E-state index is 5.41. The molecule has 10 heteroatoms. The number of nitrogens with zero attached hydrogens (tertiary/aromatic N) is 4. The van der Waals surface area contributed by atoms with Gasteiger partial charge >= 0.3 is 0 Å². The van der Waals surface area contributed by atoms with Gasteiger partial charge in [0.25, 0.3) is 0 Å². The summed E-state index contributed by atoms with van der Waals surface area (Å²) in [6, 6.07) is 3.59. The topological polar surface area (TPSA) is 120 Å². The first-order chi connectivity index (χ1) is 14.0. The molecule has 2 N–H and O–H groups in total. The lowest BCUT2D eigenvalue weighted by Gasteiger charge is -2.14. The van der Waals surface area contributed by atoms with E-state index in [1.165, 1.54) is 6.33 Å². The Bertz CT molecular complexity index is 1140. The Morgan fingerprint density at radius 1 is 1.00 bits per heavy atom. The van der Waals surface area contributed by atoms with Crippen LogP contribution in [0.15, 0.2) is 23.0 Å². The summed E-state index contributed by atoms with van der Waals surface area (Å²) in [5, 5.41) is 7.24. The maximum Gasteiger partial charge on any atom is 0.203 e. The van der Waals surface area contributed by atoms with E-state index in [0.717, 1.165) is 11.3 Å². The van der Waals surface area contributed by atoms with Crippen molar-refractivity contribution in [2.45, 2.75) is 13.8 Å². The number of aryl methyl sites for hydroxylation is 2. The fourth-order valence-corrected chi connectivity index (χ4v) is 3.15. The lowest BCUT2D eigenvalue weighted by Crippen LogP contribution is -1.99. The SMILES string of the molecule is COc1cc(Nc2ncnc3nc(-c4c(C)noc4C)[nH]c23)cc(OC)c1OC. The van der Waals surface area contributed by atoms with Gasteiger partial charge in [0.15, 0.2) is 23.0 Å². The van der Waals surface area contributed by atoms with Gasteiger partial charge in [0.1, 0.15) is 23.4 Å². The fraction of sp³-hybridized carbons (Fsp3) is 0.263. The smallest absolute Gasteiger partial charge is 0.203 e. The minimum Gasteiger partial charge on any atom is -0.493 e. The Morgan fingerprint density at radius 3 is 2.31 bits per heavy atom. The third kappa shape index (κ3) is 3.18. The van der Waals surface area contributed by atoms with Crippen LogP contribution in [0.1, 0.15) is 11.5 Å². The van der Waals surface area contributed by atoms with Gasteiger partial charge in [-0.05, 0) is 13.8 Å². The van der Waals surface area contributed by atoms with Crippen LogP contribution in [-0.4, -0.2) is 46.4 Å². The number of aromatic nitrogens is 5. The second-order valence-electron chi connectivity index (χ2n) is 6.24. The van der Waals surface area contributed by atoms with Crippen molar-refractivity contribution in [2.24, 2.45) is 0 Å². The van der Waals surface area contributed by atoms with Crippen LogP contribution < -0.4 is 19.5 Å². The predicted octanol–water partition coefficient (Wildman–Crippen LogP) is 3.39. The molecule has 1 aromatic carbocycles. The lowest BCUT2D eigenvalue weighted by molar-refractivity contribution is 0.324. The van der Waals surface area contributed by atoms with Gasteiger partial charge < -0.3 is 29.0 Å². The molecule has 0 aliphatic carbocycles. The van der Waals surface area contributed by atoms with E-state index in [1.807, 2.05) is 13.8 Å². The van der Waals surface area contributed by atoms with Crippen molar-refractivity contribution in [3.8, 4) is 28.6 Å². The highest BCUT2D eigenvalue weighted by atomic mass is 16.5. The largest absolute Gasteiger partial charge is 0.493 e. The summed E-state index contributed by atoms with van der Waals surface area (Å²) in [6.45, 7) is 3.70. The Kier molecular flexibility index (Phi) is 4.67. The molecule has 4 aromatic rings. The number of H-pyrrole nitrogens is 1. The molecule has 0 saturated heterocycles. The summed E-state index contributed by atoms with van der Waals surface area (Å²) in [5.74, 6) is 3.41. The Hall–Kier alpha value is -3.82. The van der Waals surface area contributed by atoms with E-state index in [9.17, 15) is 0 Å². The number of ether oxygens (including phenoxy) is 3. The Morgan fingerprint density at radius 2 is 1.72 bits per heavy atom. The second-order valence-corrected chi connectivity index (χ2v) is 6.24. The van der Waals surface area contributed by atoms with Crippen LogP contribution in [0.2, 0.25) is 0 Å². The van der Waals surface area contributed by atoms with E-state index in [2.05, 4.69) is 30.4 Å². The fourth-order valence-electron chi connectivity index (χ4n) is 3.15. The van der Waals surface area contributed by atoms with Crippen molar-refractivity contribution in [1.82, 2.24) is 25.1 Å². The molecule has 4 rings (SSSR count). The molecular formula is C19H20N6O4. The van der Waals surface area contributed by atoms with Crippen molar-refractivity contribution in [3.05, 3.63) is 29.9 Å². The first kappa shape index (κ1) is 18.5. The first-order valence-corrected chi connectivity index (χ1v) is 8.76. The van der Waals surface area contributed by atoms with Gasteiger partial charge in [-0.2, -0.15) is 0 Å². The van der Waals surface area contributed by atoms with Crippen molar-refractivity contribution in [3.63, 3.8) is 0 Å². The van der Waals surface area contributed by atoms with Crippen molar-refractivity contribution in [2.75, 3.05) is 26.6 Å². The number of nitrogens with one attached hydrogen (secondary N) is 2. The van der Waals surface area contributed by atoms with Gasteiger partial charge in [-0.3, -0.25) is 0 Å². The van der Waals surface area contributed by atoms with Crippen LogP contribution in [0.25, 0.3) is 22.6 Å². The van der Waals surface area contributed by atoms with Crippen LogP contribution >= 0.6 is 0 Å². The van der Waals surface area contributed by atoms with Crippen LogP contribution in [0.5, 0.6) is 17.2 Å². The summed E-state index contributed by atoms with van der Waals surface area (Å²) < 4.78 is 21.4. The molecule has 150 valence electrons. The van der Waals surface area contributed by atoms with E-state index in [4.69, 9.17) is 18.7 Å². The summed E-state index contributed by atoms with van der Waals surface area (Å²) in [7, 11) is 4.69. The van der Waals surface area contributed by atoms with E-state index >= 15 is 0 Å². The minimum absolute atomic E-state index is 0.510. The highest BCUT2D eigenvalue weighted by molar-refractivity contribution is 5.88. The first-order valence-electron chi connectivity index (χ1n) is 8.76. The third-order valence-corrected chi connectivity index (χ3v) is 4.49. The van der Waals surface area contributed by atoms with Crippen LogP contribution in [-0.2, 0) is 0 Å². The molecule has 0 amide bonds. The van der Waals surface area contributed by atoms with E-state index in [0.29, 0.717) is 51.5 Å². The van der Waals surface area contributed by atoms with Gasteiger partial charge in [0.2, 0.25) is 5.75 Å². The molecule has 3 aromatic heterocycles. The van der Waals surface area contributed by atoms with E-state index in [1.54, 1.807) is 33.5 Å². The molecule has 0 atom stereocenters. The van der Waals surface area contributed by atoms with E-state index in [-0.39, 0.29) is 0 Å². The number of methoxy groups -OCH3 is 3. The molecule has 0 bridgehead atoms. The number of hydrogen-bond donors (Lipinski definition) is 2. The number of fused-ring (bicyclic) bond motifs is 1. The number of hydrogen-bond acceptors (Lipinski definition) is 9. The number of anilines is 2. The molecule has 10 nitrogen and oxygen atoms in total. The second kappa shape index (κ2) is 7.30. The molecule has 0 radical (unpaired) electrons. The molecule has 0 unspecified atom stereocenters. The number of imidazole rings is 1. The quantitative estimate of drug-likeness (QED) is 0.505. The van der Waals surface area contributed by atoms with Gasteiger partial charge in [-0.15, -0.1) is 0 Å². The highest BCUT2D eigenvalue weighted by Gasteiger charge is 2.19. The van der Waals surface area contributed by atoms with E-state index < -0.39 is 0 Å². The molecular weight excluding hydrogens is 376 g/mol. The van der Waals surface area contributed by atoms with Crippen LogP contribution in [0.3, 0.4) is 0 Å². The molecule has 0 aliphatic rings. The third-order valence-electron chi connectivity index (χ3n) is 4.49. The van der Waals surface area contributed by atoms with Crippen LogP contribution in [0, 0.1) is 13.8 Å². The molecule has 0 saturated carbocycles. The summed E-state index contributed by atoms with van der Waals surface area (Å²) in [6.07, 6.45) is 1.45. The van der Waals surface area contributed by atoms with Crippen molar-refractivity contribution < 1.29 is 18.7 Å². The lowest BCUT2D eigenvalue weighted by atomic mass is 10.2. The normalized spacial score (nSPS) is 10.9. The van der Waals surface area contributed by atoms with Gasteiger partial charge in [0.05, 0.1) is 32.6 Å². The summed E-state index contributed by atoms with van der Waals surface area (Å²) >= 11 is 0. The zero-order valence-corrected chi connectivity index (χ0v) is 16.7. The molecule has 0 fully saturated rings. The number of aromatic amines is 1. The van der Waals surface area contributed by atoms with Crippen LogP contribution in [0.4, 0.5) is 11.5 Å². The average Bonchev–Trinajstić information content (AvgIpc) is 3.30. The van der Waals surface area contributed by atoms with Crippen molar-refractivity contribution >= 4 is 22.7 Å². The molecule has 3 heterocycles.